The van der Waals surface area contributed by atoms with Crippen molar-refractivity contribution < 1.29 is 23.5 Å². The Bertz CT molecular complexity index is 1220. The number of anilines is 1. The van der Waals surface area contributed by atoms with Gasteiger partial charge in [-0.3, -0.25) is 14.2 Å². The van der Waals surface area contributed by atoms with Crippen LogP contribution in [0.4, 0.5) is 5.69 Å². The minimum atomic E-state index is -0.677. The summed E-state index contributed by atoms with van der Waals surface area (Å²) in [6, 6.07) is 7.73. The number of likely N-dealkylation sites (N-methyl/N-ethyl adjacent to an activating group) is 1. The van der Waals surface area contributed by atoms with Crippen LogP contribution in [0.2, 0.25) is 5.02 Å². The van der Waals surface area contributed by atoms with Crippen LogP contribution in [0.3, 0.4) is 0 Å². The molecule has 11 heteroatoms. The van der Waals surface area contributed by atoms with Gasteiger partial charge in [-0.25, -0.2) is 4.79 Å². The van der Waals surface area contributed by atoms with Crippen molar-refractivity contribution in [2.75, 3.05) is 39.7 Å². The van der Waals surface area contributed by atoms with Crippen molar-refractivity contribution >= 4 is 40.2 Å². The topological polar surface area (TPSA) is 129 Å². The van der Waals surface area contributed by atoms with Crippen molar-refractivity contribution in [3.05, 3.63) is 51.5 Å². The Morgan fingerprint density at radius 2 is 2.00 bits per heavy atom. The second-order valence-electron chi connectivity index (χ2n) is 7.20. The molecule has 0 aliphatic heterocycles. The van der Waals surface area contributed by atoms with Gasteiger partial charge in [0.15, 0.2) is 23.7 Å². The van der Waals surface area contributed by atoms with Crippen molar-refractivity contribution in [1.82, 2.24) is 9.47 Å². The van der Waals surface area contributed by atoms with E-state index in [9.17, 15) is 14.4 Å². The molecule has 0 unspecified atom stereocenters. The Morgan fingerprint density at radius 1 is 1.25 bits per heavy atom. The zero-order chi connectivity index (χ0) is 23.4. The van der Waals surface area contributed by atoms with Gasteiger partial charge in [0.25, 0.3) is 11.8 Å². The summed E-state index contributed by atoms with van der Waals surface area (Å²) in [5, 5.41) is 2.85. The molecule has 0 bridgehead atoms. The van der Waals surface area contributed by atoms with Gasteiger partial charge >= 0.3 is 5.76 Å². The van der Waals surface area contributed by atoms with E-state index >= 15 is 0 Å². The lowest BCUT2D eigenvalue weighted by atomic mass is 10.1. The van der Waals surface area contributed by atoms with Crippen molar-refractivity contribution in [3.8, 4) is 11.5 Å². The molecule has 3 rings (SSSR count). The number of ether oxygens (including phenoxy) is 2. The molecule has 0 saturated heterocycles. The van der Waals surface area contributed by atoms with Gasteiger partial charge in [-0.1, -0.05) is 11.6 Å². The first kappa shape index (κ1) is 23.2. The molecule has 170 valence electrons. The van der Waals surface area contributed by atoms with Crippen LogP contribution in [0.15, 0.2) is 39.5 Å². The van der Waals surface area contributed by atoms with Crippen LogP contribution in [0.1, 0.15) is 10.4 Å². The van der Waals surface area contributed by atoms with E-state index < -0.39 is 17.6 Å². The molecule has 10 nitrogen and oxygen atoms in total. The van der Waals surface area contributed by atoms with E-state index in [1.165, 1.54) is 23.8 Å². The number of rotatable bonds is 9. The summed E-state index contributed by atoms with van der Waals surface area (Å²) in [6.45, 7) is 0.700. The summed E-state index contributed by atoms with van der Waals surface area (Å²) in [6.07, 6.45) is 0. The number of amides is 2. The molecule has 0 spiro atoms. The van der Waals surface area contributed by atoms with Crippen LogP contribution in [0, 0.1) is 0 Å². The van der Waals surface area contributed by atoms with Gasteiger partial charge in [0.1, 0.15) is 0 Å². The molecule has 32 heavy (non-hydrogen) atoms. The zero-order valence-corrected chi connectivity index (χ0v) is 18.6. The average molecular weight is 463 g/mol. The third-order valence-corrected chi connectivity index (χ3v) is 4.83. The van der Waals surface area contributed by atoms with Crippen LogP contribution in [-0.4, -0.2) is 55.6 Å². The SMILES string of the molecule is COc1cc(C(=O)Nc2ccc3oc(=O)n(CCN(C)C)c3c2)cc(Cl)c1OCC(N)=O. The fourth-order valence-electron chi connectivity index (χ4n) is 2.99. The third-order valence-electron chi connectivity index (χ3n) is 4.55. The number of oxazole rings is 1. The van der Waals surface area contributed by atoms with Crippen molar-refractivity contribution in [1.29, 1.82) is 0 Å². The molecule has 3 aromatic rings. The van der Waals surface area contributed by atoms with Crippen LogP contribution in [-0.2, 0) is 11.3 Å². The van der Waals surface area contributed by atoms with E-state index in [1.54, 1.807) is 18.2 Å². The van der Waals surface area contributed by atoms with Gasteiger partial charge in [-0.05, 0) is 44.4 Å². The number of hydrogen-bond donors (Lipinski definition) is 2. The third kappa shape index (κ3) is 5.21. The number of hydrogen-bond acceptors (Lipinski definition) is 7. The van der Waals surface area contributed by atoms with E-state index in [4.69, 9.17) is 31.2 Å². The Labute approximate surface area is 188 Å². The second kappa shape index (κ2) is 9.75. The molecule has 2 amide bonds. The molecule has 0 radical (unpaired) electrons. The summed E-state index contributed by atoms with van der Waals surface area (Å²) < 4.78 is 17.3. The predicted molar refractivity (Wildman–Crippen MR) is 120 cm³/mol. The standard InChI is InChI=1S/C21H23ClN4O6/c1-25(2)6-7-26-15-10-13(4-5-16(15)32-21(26)29)24-20(28)12-8-14(22)19(17(9-12)30-3)31-11-18(23)27/h4-5,8-10H,6-7,11H2,1-3H3,(H2,23,27)(H,24,28). The van der Waals surface area contributed by atoms with Gasteiger partial charge in [-0.15, -0.1) is 0 Å². The Balaban J connectivity index is 1.86. The molecule has 1 aromatic heterocycles. The highest BCUT2D eigenvalue weighted by atomic mass is 35.5. The molecule has 0 atom stereocenters. The van der Waals surface area contributed by atoms with Gasteiger partial charge < -0.3 is 29.8 Å². The number of nitrogens with two attached hydrogens (primary N) is 1. The van der Waals surface area contributed by atoms with E-state index in [0.717, 1.165) is 0 Å². The van der Waals surface area contributed by atoms with Crippen molar-refractivity contribution in [3.63, 3.8) is 0 Å². The predicted octanol–water partition coefficient (Wildman–Crippen LogP) is 1.93. The summed E-state index contributed by atoms with van der Waals surface area (Å²) in [4.78, 5) is 37.9. The smallest absolute Gasteiger partial charge is 0.419 e. The molecule has 0 fully saturated rings. The van der Waals surface area contributed by atoms with E-state index in [1.807, 2.05) is 19.0 Å². The normalized spacial score (nSPS) is 11.0. The fourth-order valence-corrected chi connectivity index (χ4v) is 3.25. The summed E-state index contributed by atoms with van der Waals surface area (Å²) in [5.74, 6) is -1.32. The summed E-state index contributed by atoms with van der Waals surface area (Å²) >= 11 is 6.21. The minimum absolute atomic E-state index is 0.0820. The number of carbonyl (C=O) groups excluding carboxylic acids is 2. The average Bonchev–Trinajstić information content (AvgIpc) is 3.04. The fraction of sp³-hybridized carbons (Fsp3) is 0.286. The highest BCUT2D eigenvalue weighted by molar-refractivity contribution is 6.32. The van der Waals surface area contributed by atoms with Gasteiger partial charge in [-0.2, -0.15) is 0 Å². The lowest BCUT2D eigenvalue weighted by molar-refractivity contribution is -0.119. The van der Waals surface area contributed by atoms with Crippen molar-refractivity contribution in [2.45, 2.75) is 6.54 Å². The number of aromatic nitrogens is 1. The summed E-state index contributed by atoms with van der Waals surface area (Å²) in [5.41, 5.74) is 6.75. The lowest BCUT2D eigenvalue weighted by Crippen LogP contribution is -2.23. The van der Waals surface area contributed by atoms with Crippen molar-refractivity contribution in [2.24, 2.45) is 5.73 Å². The van der Waals surface area contributed by atoms with Gasteiger partial charge in [0.05, 0.1) is 17.6 Å². The number of nitrogens with zero attached hydrogens (tertiary/aromatic N) is 2. The monoisotopic (exact) mass is 462 g/mol. The first-order valence-corrected chi connectivity index (χ1v) is 9.95. The first-order valence-electron chi connectivity index (χ1n) is 9.57. The van der Waals surface area contributed by atoms with Crippen LogP contribution < -0.4 is 26.3 Å². The first-order chi connectivity index (χ1) is 15.2. The molecule has 0 aliphatic rings. The number of halogens is 1. The van der Waals surface area contributed by atoms with Crippen LogP contribution in [0.25, 0.3) is 11.1 Å². The number of benzene rings is 2. The number of methoxy groups -OCH3 is 1. The molecule has 2 aromatic carbocycles. The molecule has 0 saturated carbocycles. The quantitative estimate of drug-likeness (QED) is 0.497. The number of fused-ring (bicyclic) bond motifs is 1. The number of primary amides is 1. The van der Waals surface area contributed by atoms with E-state index in [2.05, 4.69) is 5.32 Å². The highest BCUT2D eigenvalue weighted by Crippen LogP contribution is 2.36. The Kier molecular flexibility index (Phi) is 7.06. The number of nitrogens with one attached hydrogen (secondary N) is 1. The maximum atomic E-state index is 12.8. The van der Waals surface area contributed by atoms with Gasteiger partial charge in [0, 0.05) is 24.3 Å². The Hall–Kier alpha value is -3.50. The lowest BCUT2D eigenvalue weighted by Gasteiger charge is -2.13. The molecule has 0 aliphatic carbocycles. The largest absolute Gasteiger partial charge is 0.493 e. The maximum Gasteiger partial charge on any atom is 0.419 e. The summed E-state index contributed by atoms with van der Waals surface area (Å²) in [7, 11) is 5.19. The van der Waals surface area contributed by atoms with Gasteiger partial charge in [0.2, 0.25) is 0 Å². The van der Waals surface area contributed by atoms with Crippen LogP contribution >= 0.6 is 11.6 Å². The maximum absolute atomic E-state index is 12.8. The number of carbonyl (C=O) groups is 2. The minimum Gasteiger partial charge on any atom is -0.493 e. The van der Waals surface area contributed by atoms with E-state index in [0.29, 0.717) is 29.9 Å². The molecular formula is C21H23ClN4O6. The molecule has 3 N–H and O–H groups in total. The molecular weight excluding hydrogens is 440 g/mol. The second-order valence-corrected chi connectivity index (χ2v) is 7.61. The van der Waals surface area contributed by atoms with E-state index in [-0.39, 0.29) is 28.7 Å². The zero-order valence-electron chi connectivity index (χ0n) is 17.8. The Morgan fingerprint density at radius 3 is 2.66 bits per heavy atom. The molecule has 1 heterocycles. The van der Waals surface area contributed by atoms with Crippen LogP contribution in [0.5, 0.6) is 11.5 Å². The highest BCUT2D eigenvalue weighted by Gasteiger charge is 2.18.